The molecule has 0 saturated heterocycles. The summed E-state index contributed by atoms with van der Waals surface area (Å²) in [5, 5.41) is 0. The van der Waals surface area contributed by atoms with Crippen LogP contribution >= 0.6 is 0 Å². The van der Waals surface area contributed by atoms with Crippen LogP contribution in [-0.2, 0) is 0 Å². The molecule has 2 heteroatoms. The number of carbonyl (C=O) groups excluding carboxylic acids is 1. The number of carbonyl (C=O) groups is 1. The molecular weight excluding hydrogens is 258 g/mol. The Labute approximate surface area is 126 Å². The maximum absolute atomic E-state index is 12.2. The van der Waals surface area contributed by atoms with Crippen LogP contribution in [0.25, 0.3) is 0 Å². The lowest BCUT2D eigenvalue weighted by molar-refractivity contribution is 0.100. The first-order chi connectivity index (χ1) is 10.1. The molecule has 108 valence electrons. The Morgan fingerprint density at radius 3 is 2.29 bits per heavy atom. The van der Waals surface area contributed by atoms with Crippen molar-refractivity contribution in [3.8, 4) is 0 Å². The molecule has 0 aromatic heterocycles. The van der Waals surface area contributed by atoms with Crippen LogP contribution in [0.3, 0.4) is 0 Å². The van der Waals surface area contributed by atoms with E-state index in [1.807, 2.05) is 56.3 Å². The van der Waals surface area contributed by atoms with Gasteiger partial charge in [0.1, 0.15) is 0 Å². The zero-order valence-corrected chi connectivity index (χ0v) is 12.8. The lowest BCUT2D eigenvalue weighted by atomic mass is 10.0. The molecule has 2 rings (SSSR count). The van der Waals surface area contributed by atoms with Gasteiger partial charge < -0.3 is 0 Å². The number of hydrogen-bond donors (Lipinski definition) is 0. The molecule has 0 fully saturated rings. The van der Waals surface area contributed by atoms with Gasteiger partial charge in [0.15, 0.2) is 5.78 Å². The van der Waals surface area contributed by atoms with Crippen molar-refractivity contribution in [2.45, 2.75) is 33.2 Å². The average molecular weight is 279 g/mol. The van der Waals surface area contributed by atoms with Gasteiger partial charge in [-0.2, -0.15) is 0 Å². The second-order valence-electron chi connectivity index (χ2n) is 5.42. The van der Waals surface area contributed by atoms with E-state index >= 15 is 0 Å². The third kappa shape index (κ3) is 4.38. The molecule has 0 aliphatic carbocycles. The Morgan fingerprint density at radius 1 is 1.05 bits per heavy atom. The fourth-order valence-corrected chi connectivity index (χ4v) is 2.26. The molecule has 0 spiro atoms. The van der Waals surface area contributed by atoms with Crippen molar-refractivity contribution in [3.63, 3.8) is 0 Å². The lowest BCUT2D eigenvalue weighted by Crippen LogP contribution is -2.06. The van der Waals surface area contributed by atoms with Crippen LogP contribution in [0.1, 0.15) is 47.8 Å². The van der Waals surface area contributed by atoms with Crippen LogP contribution in [0, 0.1) is 6.92 Å². The topological polar surface area (TPSA) is 29.4 Å². The summed E-state index contributed by atoms with van der Waals surface area (Å²) in [7, 11) is 0. The minimum absolute atomic E-state index is 0.0806. The maximum Gasteiger partial charge on any atom is 0.168 e. The zero-order valence-electron chi connectivity index (χ0n) is 12.8. The van der Waals surface area contributed by atoms with Crippen molar-refractivity contribution in [2.75, 3.05) is 0 Å². The monoisotopic (exact) mass is 279 g/mol. The first kappa shape index (κ1) is 15.2. The lowest BCUT2D eigenvalue weighted by Gasteiger charge is -2.09. The van der Waals surface area contributed by atoms with E-state index in [0.29, 0.717) is 6.42 Å². The molecule has 0 bridgehead atoms. The molecule has 2 aromatic carbocycles. The Bertz CT molecular complexity index is 626. The van der Waals surface area contributed by atoms with Crippen molar-refractivity contribution < 1.29 is 4.79 Å². The SMILES string of the molecule is CC(CC(=O)c1ccc(C)cc1)=N[C@@H](C)c1ccccc1. The van der Waals surface area contributed by atoms with Crippen LogP contribution in [0.15, 0.2) is 59.6 Å². The molecule has 0 unspecified atom stereocenters. The number of rotatable bonds is 5. The molecule has 0 aliphatic heterocycles. The van der Waals surface area contributed by atoms with Gasteiger partial charge in [0.2, 0.25) is 0 Å². The third-order valence-corrected chi connectivity index (χ3v) is 3.49. The van der Waals surface area contributed by atoms with E-state index in [4.69, 9.17) is 0 Å². The summed E-state index contributed by atoms with van der Waals surface area (Å²) in [4.78, 5) is 16.8. The molecule has 0 radical (unpaired) electrons. The quantitative estimate of drug-likeness (QED) is 0.571. The predicted octanol–water partition coefficient (Wildman–Crippen LogP) is 4.79. The first-order valence-electron chi connectivity index (χ1n) is 7.24. The normalized spacial score (nSPS) is 13.0. The minimum Gasteiger partial charge on any atom is -0.294 e. The van der Waals surface area contributed by atoms with E-state index in [-0.39, 0.29) is 11.8 Å². The Hall–Kier alpha value is -2.22. The second-order valence-corrected chi connectivity index (χ2v) is 5.42. The largest absolute Gasteiger partial charge is 0.294 e. The highest BCUT2D eigenvalue weighted by molar-refractivity contribution is 6.09. The Balaban J connectivity index is 2.03. The average Bonchev–Trinajstić information content (AvgIpc) is 2.48. The van der Waals surface area contributed by atoms with Gasteiger partial charge in [0.05, 0.1) is 6.04 Å². The number of benzene rings is 2. The van der Waals surface area contributed by atoms with Crippen molar-refractivity contribution in [2.24, 2.45) is 4.99 Å². The summed E-state index contributed by atoms with van der Waals surface area (Å²) in [6, 6.07) is 17.9. The van der Waals surface area contributed by atoms with Crippen molar-refractivity contribution in [3.05, 3.63) is 71.3 Å². The van der Waals surface area contributed by atoms with E-state index in [1.165, 1.54) is 5.56 Å². The molecule has 0 heterocycles. The summed E-state index contributed by atoms with van der Waals surface area (Å²) in [6.07, 6.45) is 0.375. The van der Waals surface area contributed by atoms with Crippen LogP contribution < -0.4 is 0 Å². The second kappa shape index (κ2) is 6.98. The number of aryl methyl sites for hydroxylation is 1. The molecule has 2 nitrogen and oxygen atoms in total. The van der Waals surface area contributed by atoms with E-state index < -0.39 is 0 Å². The van der Waals surface area contributed by atoms with Gasteiger partial charge in [-0.1, -0.05) is 60.2 Å². The molecule has 0 N–H and O–H groups in total. The van der Waals surface area contributed by atoms with Gasteiger partial charge in [0, 0.05) is 17.7 Å². The van der Waals surface area contributed by atoms with Crippen molar-refractivity contribution in [1.29, 1.82) is 0 Å². The number of Topliss-reactive ketones (excluding diaryl/α,β-unsaturated/α-hetero) is 1. The standard InChI is InChI=1S/C19H21NO/c1-14-9-11-18(12-10-14)19(21)13-15(2)20-16(3)17-7-5-4-6-8-17/h4-12,16H,13H2,1-3H3/t16-/m0/s1. The van der Waals surface area contributed by atoms with E-state index in [0.717, 1.165) is 16.8 Å². The molecular formula is C19H21NO. The minimum atomic E-state index is 0.0806. The highest BCUT2D eigenvalue weighted by Crippen LogP contribution is 2.17. The van der Waals surface area contributed by atoms with Crippen LogP contribution in [0.4, 0.5) is 0 Å². The molecule has 0 saturated carbocycles. The van der Waals surface area contributed by atoms with Gasteiger partial charge in [-0.05, 0) is 26.3 Å². The number of aliphatic imine (C=N–C) groups is 1. The molecule has 1 atom stereocenters. The van der Waals surface area contributed by atoms with Crippen molar-refractivity contribution in [1.82, 2.24) is 0 Å². The van der Waals surface area contributed by atoms with Gasteiger partial charge in [0.25, 0.3) is 0 Å². The Kier molecular flexibility index (Phi) is 5.04. The van der Waals surface area contributed by atoms with Crippen LogP contribution in [-0.4, -0.2) is 11.5 Å². The fourth-order valence-electron chi connectivity index (χ4n) is 2.26. The van der Waals surface area contributed by atoms with Gasteiger partial charge in [-0.25, -0.2) is 0 Å². The van der Waals surface area contributed by atoms with Crippen LogP contribution in [0.5, 0.6) is 0 Å². The molecule has 2 aromatic rings. The molecule has 0 amide bonds. The maximum atomic E-state index is 12.2. The predicted molar refractivity (Wildman–Crippen MR) is 88.1 cm³/mol. The van der Waals surface area contributed by atoms with E-state index in [1.54, 1.807) is 0 Å². The van der Waals surface area contributed by atoms with E-state index in [9.17, 15) is 4.79 Å². The summed E-state index contributed by atoms with van der Waals surface area (Å²) >= 11 is 0. The summed E-state index contributed by atoms with van der Waals surface area (Å²) < 4.78 is 0. The molecule has 0 aliphatic rings. The van der Waals surface area contributed by atoms with Crippen molar-refractivity contribution >= 4 is 11.5 Å². The van der Waals surface area contributed by atoms with E-state index in [2.05, 4.69) is 24.0 Å². The molecule has 21 heavy (non-hydrogen) atoms. The Morgan fingerprint density at radius 2 is 1.67 bits per heavy atom. The van der Waals surface area contributed by atoms with Gasteiger partial charge in [-0.15, -0.1) is 0 Å². The van der Waals surface area contributed by atoms with Gasteiger partial charge in [-0.3, -0.25) is 9.79 Å². The zero-order chi connectivity index (χ0) is 15.2. The summed E-state index contributed by atoms with van der Waals surface area (Å²) in [5.74, 6) is 0.122. The highest BCUT2D eigenvalue weighted by atomic mass is 16.1. The number of nitrogens with zero attached hydrogens (tertiary/aromatic N) is 1. The third-order valence-electron chi connectivity index (χ3n) is 3.49. The van der Waals surface area contributed by atoms with Gasteiger partial charge >= 0.3 is 0 Å². The first-order valence-corrected chi connectivity index (χ1v) is 7.24. The van der Waals surface area contributed by atoms with Crippen LogP contribution in [0.2, 0.25) is 0 Å². The number of ketones is 1. The highest BCUT2D eigenvalue weighted by Gasteiger charge is 2.09. The number of hydrogen-bond acceptors (Lipinski definition) is 2. The smallest absolute Gasteiger partial charge is 0.168 e. The summed E-state index contributed by atoms with van der Waals surface area (Å²) in [6.45, 7) is 5.99. The summed E-state index contributed by atoms with van der Waals surface area (Å²) in [5.41, 5.74) is 3.95. The fraction of sp³-hybridized carbons (Fsp3) is 0.263.